The minimum absolute atomic E-state index is 0.317. The van der Waals surface area contributed by atoms with E-state index in [1.165, 1.54) is 6.42 Å². The molecule has 0 saturated carbocycles. The van der Waals surface area contributed by atoms with Crippen LogP contribution in [0, 0.1) is 28.1 Å². The molecule has 0 bridgehead atoms. The molecule has 1 heterocycles. The van der Waals surface area contributed by atoms with Crippen LogP contribution >= 0.6 is 0 Å². The molecule has 2 atom stereocenters. The van der Waals surface area contributed by atoms with Gasteiger partial charge in [0, 0.05) is 0 Å². The molecule has 0 spiro atoms. The summed E-state index contributed by atoms with van der Waals surface area (Å²) in [5, 5.41) is 0. The van der Waals surface area contributed by atoms with Gasteiger partial charge in [0.2, 0.25) is 0 Å². The van der Waals surface area contributed by atoms with Crippen molar-refractivity contribution in [1.82, 2.24) is 0 Å². The fraction of sp³-hybridized carbons (Fsp3) is 1.00. The first-order chi connectivity index (χ1) is 7.43. The lowest BCUT2D eigenvalue weighted by molar-refractivity contribution is 0.0137. The molecular formula is C16H32O. The first-order valence-electron chi connectivity index (χ1n) is 7.01. The number of hydrogen-bond donors (Lipinski definition) is 0. The zero-order chi connectivity index (χ0) is 13.5. The molecule has 1 nitrogen and oxygen atoms in total. The molecule has 1 fully saturated rings. The molecule has 0 aromatic rings. The van der Waals surface area contributed by atoms with E-state index in [1.807, 2.05) is 0 Å². The van der Waals surface area contributed by atoms with Gasteiger partial charge >= 0.3 is 0 Å². The topological polar surface area (TPSA) is 9.23 Å². The average molecular weight is 240 g/mol. The Hall–Kier alpha value is -0.0400. The van der Waals surface area contributed by atoms with Crippen LogP contribution in [0.2, 0.25) is 0 Å². The third-order valence-corrected chi connectivity index (χ3v) is 4.27. The summed E-state index contributed by atoms with van der Waals surface area (Å²) in [6.07, 6.45) is 1.28. The third kappa shape index (κ3) is 3.98. The fourth-order valence-corrected chi connectivity index (χ4v) is 3.14. The van der Waals surface area contributed by atoms with Gasteiger partial charge in [-0.05, 0) is 34.5 Å². The summed E-state index contributed by atoms with van der Waals surface area (Å²) in [5.74, 6) is 1.39. The largest absolute Gasteiger partial charge is 0.381 e. The van der Waals surface area contributed by atoms with E-state index in [1.54, 1.807) is 0 Å². The highest BCUT2D eigenvalue weighted by Gasteiger charge is 2.43. The van der Waals surface area contributed by atoms with Crippen molar-refractivity contribution in [2.45, 2.75) is 61.8 Å². The second-order valence-corrected chi connectivity index (χ2v) is 8.83. The van der Waals surface area contributed by atoms with Crippen molar-refractivity contribution in [1.29, 1.82) is 0 Å². The number of ether oxygens (including phenoxy) is 1. The van der Waals surface area contributed by atoms with E-state index >= 15 is 0 Å². The molecule has 2 unspecified atom stereocenters. The summed E-state index contributed by atoms with van der Waals surface area (Å²) in [6, 6.07) is 0. The van der Waals surface area contributed by atoms with Gasteiger partial charge in [-0.15, -0.1) is 0 Å². The summed E-state index contributed by atoms with van der Waals surface area (Å²) < 4.78 is 5.97. The van der Waals surface area contributed by atoms with Crippen LogP contribution in [0.25, 0.3) is 0 Å². The molecule has 1 aliphatic rings. The minimum atomic E-state index is 0.317. The lowest BCUT2D eigenvalue weighted by Gasteiger charge is -2.44. The molecule has 0 N–H and O–H groups in total. The Kier molecular flexibility index (Phi) is 4.04. The Morgan fingerprint density at radius 2 is 1.35 bits per heavy atom. The summed E-state index contributed by atoms with van der Waals surface area (Å²) in [6.45, 7) is 20.8. The lowest BCUT2D eigenvalue weighted by Crippen LogP contribution is -2.38. The van der Waals surface area contributed by atoms with E-state index in [2.05, 4.69) is 55.4 Å². The average Bonchev–Trinajstić information content (AvgIpc) is 2.20. The van der Waals surface area contributed by atoms with Crippen LogP contribution in [0.4, 0.5) is 0 Å². The third-order valence-electron chi connectivity index (χ3n) is 4.27. The minimum Gasteiger partial charge on any atom is -0.381 e. The molecule has 0 amide bonds. The van der Waals surface area contributed by atoms with Crippen molar-refractivity contribution in [3.8, 4) is 0 Å². The predicted octanol–water partition coefficient (Wildman–Crippen LogP) is 4.76. The van der Waals surface area contributed by atoms with Gasteiger partial charge in [-0.25, -0.2) is 0 Å². The van der Waals surface area contributed by atoms with Gasteiger partial charge in [0.1, 0.15) is 0 Å². The van der Waals surface area contributed by atoms with Crippen LogP contribution in [0.5, 0.6) is 0 Å². The quantitative estimate of drug-likeness (QED) is 0.593. The summed E-state index contributed by atoms with van der Waals surface area (Å²) >= 11 is 0. The first kappa shape index (κ1) is 15.0. The highest BCUT2D eigenvalue weighted by Crippen LogP contribution is 2.48. The highest BCUT2D eigenvalue weighted by molar-refractivity contribution is 4.92. The molecule has 0 aromatic heterocycles. The van der Waals surface area contributed by atoms with Crippen molar-refractivity contribution < 1.29 is 4.74 Å². The normalized spacial score (nSPS) is 31.1. The monoisotopic (exact) mass is 240 g/mol. The van der Waals surface area contributed by atoms with Gasteiger partial charge in [0.25, 0.3) is 0 Å². The second-order valence-electron chi connectivity index (χ2n) is 8.83. The highest BCUT2D eigenvalue weighted by atomic mass is 16.5. The summed E-state index contributed by atoms with van der Waals surface area (Å²) in [5.41, 5.74) is 1.01. The van der Waals surface area contributed by atoms with Crippen LogP contribution < -0.4 is 0 Å². The van der Waals surface area contributed by atoms with E-state index in [9.17, 15) is 0 Å². The molecule has 0 aromatic carbocycles. The Balaban J connectivity index is 3.03. The molecule has 1 aliphatic heterocycles. The molecule has 1 rings (SSSR count). The Morgan fingerprint density at radius 3 is 1.76 bits per heavy atom. The van der Waals surface area contributed by atoms with Crippen molar-refractivity contribution in [2.24, 2.45) is 28.1 Å². The SMILES string of the molecule is CC1(C)COCC(C(C)(C)C)C(C(C)(C)C)C1. The molecule has 1 saturated heterocycles. The molecular weight excluding hydrogens is 208 g/mol. The van der Waals surface area contributed by atoms with Gasteiger partial charge in [0.15, 0.2) is 0 Å². The second kappa shape index (κ2) is 4.57. The summed E-state index contributed by atoms with van der Waals surface area (Å²) in [7, 11) is 0. The van der Waals surface area contributed by atoms with Crippen LogP contribution in [-0.2, 0) is 4.74 Å². The standard InChI is InChI=1S/C16H32O/c1-14(2,3)12-9-16(7,8)11-17-10-13(12)15(4,5)6/h12-13H,9-11H2,1-8H3. The molecule has 0 aliphatic carbocycles. The lowest BCUT2D eigenvalue weighted by atomic mass is 9.61. The zero-order valence-electron chi connectivity index (χ0n) is 13.2. The maximum atomic E-state index is 5.97. The van der Waals surface area contributed by atoms with Crippen LogP contribution in [-0.4, -0.2) is 13.2 Å². The van der Waals surface area contributed by atoms with E-state index in [4.69, 9.17) is 4.74 Å². The Labute approximate surface area is 108 Å². The van der Waals surface area contributed by atoms with Crippen molar-refractivity contribution in [3.05, 3.63) is 0 Å². The van der Waals surface area contributed by atoms with Gasteiger partial charge in [0.05, 0.1) is 13.2 Å². The van der Waals surface area contributed by atoms with E-state index < -0.39 is 0 Å². The van der Waals surface area contributed by atoms with Gasteiger partial charge in [-0.3, -0.25) is 0 Å². The summed E-state index contributed by atoms with van der Waals surface area (Å²) in [4.78, 5) is 0. The fourth-order valence-electron chi connectivity index (χ4n) is 3.14. The zero-order valence-corrected chi connectivity index (χ0v) is 13.2. The van der Waals surface area contributed by atoms with Crippen LogP contribution in [0.3, 0.4) is 0 Å². The van der Waals surface area contributed by atoms with E-state index in [0.717, 1.165) is 19.1 Å². The Morgan fingerprint density at radius 1 is 0.882 bits per heavy atom. The molecule has 17 heavy (non-hydrogen) atoms. The number of rotatable bonds is 0. The molecule has 102 valence electrons. The van der Waals surface area contributed by atoms with Crippen molar-refractivity contribution in [2.75, 3.05) is 13.2 Å². The predicted molar refractivity (Wildman–Crippen MR) is 75.1 cm³/mol. The van der Waals surface area contributed by atoms with E-state index in [-0.39, 0.29) is 0 Å². The maximum Gasteiger partial charge on any atom is 0.0517 e. The molecule has 0 radical (unpaired) electrons. The smallest absolute Gasteiger partial charge is 0.0517 e. The van der Waals surface area contributed by atoms with Gasteiger partial charge in [-0.2, -0.15) is 0 Å². The molecule has 1 heteroatoms. The van der Waals surface area contributed by atoms with Crippen LogP contribution in [0.15, 0.2) is 0 Å². The maximum absolute atomic E-state index is 5.97. The van der Waals surface area contributed by atoms with Crippen molar-refractivity contribution >= 4 is 0 Å². The van der Waals surface area contributed by atoms with Gasteiger partial charge < -0.3 is 4.74 Å². The van der Waals surface area contributed by atoms with Gasteiger partial charge in [-0.1, -0.05) is 55.4 Å². The van der Waals surface area contributed by atoms with Crippen LogP contribution in [0.1, 0.15) is 61.8 Å². The van der Waals surface area contributed by atoms with Crippen molar-refractivity contribution in [3.63, 3.8) is 0 Å². The Bertz CT molecular complexity index is 252. The number of hydrogen-bond acceptors (Lipinski definition) is 1. The van der Waals surface area contributed by atoms with E-state index in [0.29, 0.717) is 22.2 Å². The first-order valence-corrected chi connectivity index (χ1v) is 7.01.